The van der Waals surface area contributed by atoms with E-state index >= 15 is 0 Å². The summed E-state index contributed by atoms with van der Waals surface area (Å²) in [6.07, 6.45) is 3.61. The number of piperidine rings is 1. The van der Waals surface area contributed by atoms with Gasteiger partial charge < -0.3 is 15.2 Å². The number of aromatic nitrogens is 2. The summed E-state index contributed by atoms with van der Waals surface area (Å²) in [7, 11) is 0. The van der Waals surface area contributed by atoms with Crippen LogP contribution in [0, 0.1) is 18.8 Å². The molecule has 1 aliphatic rings. The van der Waals surface area contributed by atoms with E-state index in [1.807, 2.05) is 4.90 Å². The minimum absolute atomic E-state index is 0.0812. The van der Waals surface area contributed by atoms with Gasteiger partial charge in [0.2, 0.25) is 11.8 Å². The number of nitrogens with zero attached hydrogens (tertiary/aromatic N) is 3. The van der Waals surface area contributed by atoms with Gasteiger partial charge in [-0.05, 0) is 31.1 Å². The summed E-state index contributed by atoms with van der Waals surface area (Å²) in [6.45, 7) is 7.53. The van der Waals surface area contributed by atoms with Crippen LogP contribution in [0.1, 0.15) is 44.8 Å². The fourth-order valence-corrected chi connectivity index (χ4v) is 2.96. The van der Waals surface area contributed by atoms with E-state index in [2.05, 4.69) is 24.0 Å². The molecule has 1 fully saturated rings. The highest BCUT2D eigenvalue weighted by Crippen LogP contribution is 2.21. The summed E-state index contributed by atoms with van der Waals surface area (Å²) in [4.78, 5) is 18.5. The number of carbonyl (C=O) groups is 1. The average Bonchev–Trinajstić information content (AvgIpc) is 2.82. The van der Waals surface area contributed by atoms with Gasteiger partial charge in [0.15, 0.2) is 5.82 Å². The molecule has 0 saturated carbocycles. The summed E-state index contributed by atoms with van der Waals surface area (Å²) in [6, 6.07) is -0.379. The van der Waals surface area contributed by atoms with Crippen molar-refractivity contribution >= 4 is 5.91 Å². The summed E-state index contributed by atoms with van der Waals surface area (Å²) in [5.41, 5.74) is 6.02. The smallest absolute Gasteiger partial charge is 0.239 e. The maximum atomic E-state index is 12.4. The van der Waals surface area contributed by atoms with Crippen LogP contribution in [0.15, 0.2) is 4.52 Å². The van der Waals surface area contributed by atoms with Crippen molar-refractivity contribution < 1.29 is 9.32 Å². The Morgan fingerprint density at radius 2 is 2.29 bits per heavy atom. The van der Waals surface area contributed by atoms with E-state index in [4.69, 9.17) is 10.3 Å². The van der Waals surface area contributed by atoms with Crippen LogP contribution in [-0.2, 0) is 11.2 Å². The summed E-state index contributed by atoms with van der Waals surface area (Å²) in [5.74, 6) is 2.24. The van der Waals surface area contributed by atoms with Gasteiger partial charge in [-0.3, -0.25) is 4.79 Å². The Hall–Kier alpha value is -1.43. The van der Waals surface area contributed by atoms with Gasteiger partial charge in [0.05, 0.1) is 6.04 Å². The first kappa shape index (κ1) is 15.9. The van der Waals surface area contributed by atoms with Crippen LogP contribution < -0.4 is 5.73 Å². The average molecular weight is 294 g/mol. The van der Waals surface area contributed by atoms with Crippen LogP contribution in [0.25, 0.3) is 0 Å². The zero-order chi connectivity index (χ0) is 15.4. The van der Waals surface area contributed by atoms with Gasteiger partial charge in [-0.15, -0.1) is 0 Å². The molecule has 6 nitrogen and oxygen atoms in total. The molecule has 2 atom stereocenters. The maximum Gasteiger partial charge on any atom is 0.239 e. The van der Waals surface area contributed by atoms with Crippen molar-refractivity contribution in [1.82, 2.24) is 15.0 Å². The van der Waals surface area contributed by atoms with Crippen molar-refractivity contribution in [1.29, 1.82) is 0 Å². The first-order chi connectivity index (χ1) is 9.95. The first-order valence-electron chi connectivity index (χ1n) is 7.79. The normalized spacial score (nSPS) is 20.8. The summed E-state index contributed by atoms with van der Waals surface area (Å²) >= 11 is 0. The molecule has 1 saturated heterocycles. The maximum absolute atomic E-state index is 12.4. The van der Waals surface area contributed by atoms with Gasteiger partial charge >= 0.3 is 0 Å². The molecule has 2 N–H and O–H groups in total. The molecular weight excluding hydrogens is 268 g/mol. The Morgan fingerprint density at radius 3 is 2.90 bits per heavy atom. The Morgan fingerprint density at radius 1 is 1.52 bits per heavy atom. The fourth-order valence-electron chi connectivity index (χ4n) is 2.96. The molecule has 1 aromatic heterocycles. The molecule has 21 heavy (non-hydrogen) atoms. The number of likely N-dealkylation sites (tertiary alicyclic amines) is 1. The van der Waals surface area contributed by atoms with Gasteiger partial charge in [-0.1, -0.05) is 19.0 Å². The third kappa shape index (κ3) is 4.52. The van der Waals surface area contributed by atoms with E-state index in [1.165, 1.54) is 0 Å². The molecule has 2 rings (SSSR count). The second-order valence-corrected chi connectivity index (χ2v) is 6.46. The van der Waals surface area contributed by atoms with Gasteiger partial charge in [-0.2, -0.15) is 4.98 Å². The third-order valence-electron chi connectivity index (χ3n) is 3.91. The SMILES string of the molecule is Cc1nc(C[C@H]2CCCN(C(=O)[C@@H](N)CC(C)C)C2)no1. The van der Waals surface area contributed by atoms with Crippen LogP contribution in [0.3, 0.4) is 0 Å². The van der Waals surface area contributed by atoms with Crippen LogP contribution >= 0.6 is 0 Å². The molecule has 0 radical (unpaired) electrons. The number of carbonyl (C=O) groups excluding carboxylic acids is 1. The van der Waals surface area contributed by atoms with E-state index < -0.39 is 0 Å². The molecule has 1 aromatic rings. The van der Waals surface area contributed by atoms with Crippen molar-refractivity contribution in [2.24, 2.45) is 17.6 Å². The molecule has 0 aliphatic carbocycles. The minimum Gasteiger partial charge on any atom is -0.341 e. The highest BCUT2D eigenvalue weighted by atomic mass is 16.5. The number of aryl methyl sites for hydroxylation is 1. The molecule has 118 valence electrons. The Kier molecular flexibility index (Phi) is 5.33. The molecule has 1 amide bonds. The lowest BCUT2D eigenvalue weighted by Gasteiger charge is -2.34. The predicted octanol–water partition coefficient (Wildman–Crippen LogP) is 1.53. The van der Waals surface area contributed by atoms with E-state index in [1.54, 1.807) is 6.92 Å². The van der Waals surface area contributed by atoms with Gasteiger partial charge in [-0.25, -0.2) is 0 Å². The summed E-state index contributed by atoms with van der Waals surface area (Å²) < 4.78 is 5.00. The first-order valence-corrected chi connectivity index (χ1v) is 7.79. The van der Waals surface area contributed by atoms with Gasteiger partial charge in [0, 0.05) is 26.4 Å². The molecular formula is C15H26N4O2. The predicted molar refractivity (Wildman–Crippen MR) is 79.5 cm³/mol. The van der Waals surface area contributed by atoms with E-state index in [-0.39, 0.29) is 11.9 Å². The van der Waals surface area contributed by atoms with Crippen molar-refractivity contribution in [3.05, 3.63) is 11.7 Å². The molecule has 0 unspecified atom stereocenters. The Labute approximate surface area is 126 Å². The number of rotatable bonds is 5. The van der Waals surface area contributed by atoms with E-state index in [0.717, 1.165) is 44.6 Å². The summed E-state index contributed by atoms with van der Waals surface area (Å²) in [5, 5.41) is 3.94. The quantitative estimate of drug-likeness (QED) is 0.890. The number of amides is 1. The lowest BCUT2D eigenvalue weighted by Crippen LogP contribution is -2.48. The molecule has 0 spiro atoms. The number of hydrogen-bond acceptors (Lipinski definition) is 5. The number of hydrogen-bond donors (Lipinski definition) is 1. The van der Waals surface area contributed by atoms with Crippen molar-refractivity contribution in [3.8, 4) is 0 Å². The van der Waals surface area contributed by atoms with Crippen LogP contribution in [0.4, 0.5) is 0 Å². The lowest BCUT2D eigenvalue weighted by molar-refractivity contribution is -0.134. The largest absolute Gasteiger partial charge is 0.341 e. The van der Waals surface area contributed by atoms with E-state index in [0.29, 0.717) is 17.7 Å². The second kappa shape index (κ2) is 7.02. The monoisotopic (exact) mass is 294 g/mol. The highest BCUT2D eigenvalue weighted by Gasteiger charge is 2.28. The zero-order valence-electron chi connectivity index (χ0n) is 13.2. The lowest BCUT2D eigenvalue weighted by atomic mass is 9.93. The van der Waals surface area contributed by atoms with Crippen molar-refractivity contribution in [3.63, 3.8) is 0 Å². The van der Waals surface area contributed by atoms with Crippen LogP contribution in [0.5, 0.6) is 0 Å². The molecule has 1 aliphatic heterocycles. The molecule has 0 bridgehead atoms. The zero-order valence-corrected chi connectivity index (χ0v) is 13.2. The number of nitrogens with two attached hydrogens (primary N) is 1. The molecule has 6 heteroatoms. The third-order valence-corrected chi connectivity index (χ3v) is 3.91. The Bertz CT molecular complexity index is 472. The minimum atomic E-state index is -0.379. The van der Waals surface area contributed by atoms with Crippen molar-refractivity contribution in [2.45, 2.75) is 52.5 Å². The van der Waals surface area contributed by atoms with Crippen LogP contribution in [0.2, 0.25) is 0 Å². The Balaban J connectivity index is 1.89. The highest BCUT2D eigenvalue weighted by molar-refractivity contribution is 5.81. The van der Waals surface area contributed by atoms with Gasteiger partial charge in [0.25, 0.3) is 0 Å². The molecule has 2 heterocycles. The van der Waals surface area contributed by atoms with Crippen molar-refractivity contribution in [2.75, 3.05) is 13.1 Å². The van der Waals surface area contributed by atoms with Crippen LogP contribution in [-0.4, -0.2) is 40.1 Å². The topological polar surface area (TPSA) is 85.2 Å². The standard InChI is InChI=1S/C15H26N4O2/c1-10(2)7-13(16)15(20)19-6-4-5-12(9-19)8-14-17-11(3)21-18-14/h10,12-13H,4-9,16H2,1-3H3/t12-,13+/m1/s1. The van der Waals surface area contributed by atoms with E-state index in [9.17, 15) is 4.79 Å². The molecule has 0 aromatic carbocycles. The fraction of sp³-hybridized carbons (Fsp3) is 0.800. The van der Waals surface area contributed by atoms with Gasteiger partial charge in [0.1, 0.15) is 0 Å². The second-order valence-electron chi connectivity index (χ2n) is 6.46.